The molecule has 6 atom stereocenters. The van der Waals surface area contributed by atoms with Crippen molar-refractivity contribution in [2.24, 2.45) is 22.7 Å². The van der Waals surface area contributed by atoms with Gasteiger partial charge in [-0.2, -0.15) is 22.0 Å². The molecule has 41 heavy (non-hydrogen) atoms. The Bertz CT molecular complexity index is 1130. The van der Waals surface area contributed by atoms with Crippen LogP contribution in [0.25, 0.3) is 0 Å². The summed E-state index contributed by atoms with van der Waals surface area (Å²) in [4.78, 5) is 0. The molecule has 3 fully saturated rings. The van der Waals surface area contributed by atoms with Crippen molar-refractivity contribution in [1.82, 2.24) is 0 Å². The molecule has 1 heterocycles. The Morgan fingerprint density at radius 3 is 2.29 bits per heavy atom. The molecule has 4 aliphatic rings. The second-order valence-corrected chi connectivity index (χ2v) is 13.5. The molecule has 0 spiro atoms. The van der Waals surface area contributed by atoms with E-state index in [9.17, 15) is 32.2 Å². The molecule has 10 heteroatoms. The number of rotatable bonds is 4. The van der Waals surface area contributed by atoms with Crippen LogP contribution >= 0.6 is 0 Å². The zero-order valence-electron chi connectivity index (χ0n) is 23.9. The first-order valence-corrected chi connectivity index (χ1v) is 14.5. The van der Waals surface area contributed by atoms with Crippen LogP contribution in [-0.4, -0.2) is 60.6 Å². The molecule has 1 aromatic carbocycles. The predicted octanol–water partition coefficient (Wildman–Crippen LogP) is 6.52. The summed E-state index contributed by atoms with van der Waals surface area (Å²) in [6, 6.07) is 7.34. The van der Waals surface area contributed by atoms with E-state index in [0.29, 0.717) is 57.5 Å². The van der Waals surface area contributed by atoms with E-state index >= 15 is 0 Å². The fraction of sp³-hybridized carbons (Fsp3) is 0.742. The maximum Gasteiger partial charge on any atom is 0.482 e. The van der Waals surface area contributed by atoms with Gasteiger partial charge >= 0.3 is 12.3 Å². The number of hydrogen-bond acceptors (Lipinski definition) is 5. The Morgan fingerprint density at radius 1 is 0.951 bits per heavy atom. The van der Waals surface area contributed by atoms with E-state index in [1.807, 2.05) is 26.0 Å². The fourth-order valence-corrected chi connectivity index (χ4v) is 7.99. The SMILES string of the molecule is CC1(C)COCCC2=C3C(c4ccc(CO)cc4)CC4(C)C(OC(F)(F)C(F)(F)F)CCC4C3CCC2(O)COC1. The van der Waals surface area contributed by atoms with Crippen LogP contribution in [0.3, 0.4) is 0 Å². The Hall–Kier alpha value is -1.59. The van der Waals surface area contributed by atoms with Gasteiger partial charge in [0.25, 0.3) is 0 Å². The third kappa shape index (κ3) is 5.71. The van der Waals surface area contributed by atoms with E-state index in [-0.39, 0.29) is 42.8 Å². The average molecular weight is 589 g/mol. The van der Waals surface area contributed by atoms with Crippen LogP contribution in [0.1, 0.15) is 76.3 Å². The van der Waals surface area contributed by atoms with Crippen molar-refractivity contribution in [3.8, 4) is 0 Å². The van der Waals surface area contributed by atoms with Crippen LogP contribution in [0.4, 0.5) is 22.0 Å². The van der Waals surface area contributed by atoms with E-state index in [2.05, 4.69) is 4.74 Å². The summed E-state index contributed by atoms with van der Waals surface area (Å²) in [7, 11) is 0. The van der Waals surface area contributed by atoms with Gasteiger partial charge in [0, 0.05) is 11.3 Å². The van der Waals surface area contributed by atoms with Gasteiger partial charge in [0.15, 0.2) is 0 Å². The van der Waals surface area contributed by atoms with Crippen molar-refractivity contribution in [2.45, 2.75) is 95.8 Å². The van der Waals surface area contributed by atoms with Crippen LogP contribution in [0.2, 0.25) is 0 Å². The summed E-state index contributed by atoms with van der Waals surface area (Å²) in [5.41, 5.74) is 1.08. The summed E-state index contributed by atoms with van der Waals surface area (Å²) in [5.74, 6) is -0.620. The van der Waals surface area contributed by atoms with Crippen LogP contribution < -0.4 is 0 Å². The van der Waals surface area contributed by atoms with E-state index in [4.69, 9.17) is 9.47 Å². The smallest absolute Gasteiger partial charge is 0.392 e. The van der Waals surface area contributed by atoms with Crippen molar-refractivity contribution in [3.05, 3.63) is 46.5 Å². The molecule has 0 amide bonds. The summed E-state index contributed by atoms with van der Waals surface area (Å²) in [5, 5.41) is 21.6. The highest BCUT2D eigenvalue weighted by molar-refractivity contribution is 5.43. The van der Waals surface area contributed by atoms with Crippen LogP contribution in [0.5, 0.6) is 0 Å². The topological polar surface area (TPSA) is 68.2 Å². The monoisotopic (exact) mass is 588 g/mol. The van der Waals surface area contributed by atoms with Crippen molar-refractivity contribution >= 4 is 0 Å². The summed E-state index contributed by atoms with van der Waals surface area (Å²) < 4.78 is 84.6. The number of alkyl halides is 5. The Labute approximate surface area is 238 Å². The third-order valence-corrected chi connectivity index (χ3v) is 10.0. The molecule has 0 radical (unpaired) electrons. The molecule has 2 N–H and O–H groups in total. The lowest BCUT2D eigenvalue weighted by molar-refractivity contribution is -0.408. The molecular weight excluding hydrogens is 547 g/mol. The minimum absolute atomic E-state index is 0.105. The van der Waals surface area contributed by atoms with Crippen LogP contribution in [-0.2, 0) is 20.8 Å². The van der Waals surface area contributed by atoms with Gasteiger partial charge in [0.05, 0.1) is 39.1 Å². The number of hydrogen-bond donors (Lipinski definition) is 2. The highest BCUT2D eigenvalue weighted by Gasteiger charge is 2.65. The molecule has 3 aliphatic carbocycles. The minimum atomic E-state index is -5.80. The van der Waals surface area contributed by atoms with Gasteiger partial charge in [-0.1, -0.05) is 50.6 Å². The van der Waals surface area contributed by atoms with Crippen LogP contribution in [0, 0.1) is 22.7 Å². The molecule has 5 nitrogen and oxygen atoms in total. The normalized spacial score (nSPS) is 36.3. The molecule has 1 aliphatic heterocycles. The van der Waals surface area contributed by atoms with Crippen molar-refractivity contribution in [3.63, 3.8) is 0 Å². The highest BCUT2D eigenvalue weighted by Crippen LogP contribution is 2.65. The van der Waals surface area contributed by atoms with E-state index < -0.39 is 29.4 Å². The van der Waals surface area contributed by atoms with E-state index in [1.54, 1.807) is 19.1 Å². The largest absolute Gasteiger partial charge is 0.482 e. The molecule has 6 unspecified atom stereocenters. The summed E-state index contributed by atoms with van der Waals surface area (Å²) in [6.45, 7) is 7.18. The Balaban J connectivity index is 1.58. The number of halogens is 5. The summed E-state index contributed by atoms with van der Waals surface area (Å²) in [6.07, 6.45) is -9.99. The van der Waals surface area contributed by atoms with E-state index in [0.717, 1.165) is 16.7 Å². The first kappa shape index (κ1) is 30.9. The van der Waals surface area contributed by atoms with Gasteiger partial charge in [0.2, 0.25) is 0 Å². The quantitative estimate of drug-likeness (QED) is 0.310. The lowest BCUT2D eigenvalue weighted by atomic mass is 9.52. The van der Waals surface area contributed by atoms with Gasteiger partial charge in [-0.05, 0) is 72.5 Å². The van der Waals surface area contributed by atoms with Gasteiger partial charge in [0.1, 0.15) is 5.60 Å². The first-order chi connectivity index (χ1) is 19.1. The second-order valence-electron chi connectivity index (χ2n) is 13.5. The predicted molar refractivity (Wildman–Crippen MR) is 141 cm³/mol. The minimum Gasteiger partial charge on any atom is -0.392 e. The zero-order valence-corrected chi connectivity index (χ0v) is 23.9. The standard InChI is InChI=1S/C31H41F5O5/c1-27(2)16-39-13-11-24-26-21(10-12-29(24,38)18-40-17-27)23-8-9-25(41-31(35,36)30(32,33)34)28(23,3)14-22(26)20-6-4-19(15-37)5-7-20/h4-7,21-23,25,37-38H,8-18H2,1-3H3. The van der Waals surface area contributed by atoms with E-state index in [1.165, 1.54) is 0 Å². The Morgan fingerprint density at radius 2 is 1.63 bits per heavy atom. The molecule has 1 aromatic rings. The van der Waals surface area contributed by atoms with Crippen molar-refractivity contribution < 1.29 is 46.4 Å². The molecular formula is C31H41F5O5. The van der Waals surface area contributed by atoms with Gasteiger partial charge in [-0.15, -0.1) is 0 Å². The lowest BCUT2D eigenvalue weighted by Gasteiger charge is -2.54. The van der Waals surface area contributed by atoms with Gasteiger partial charge in [-0.25, -0.2) is 0 Å². The molecule has 2 saturated carbocycles. The number of allylic oxidation sites excluding steroid dienone is 1. The number of aliphatic hydroxyl groups excluding tert-OH is 1. The maximum atomic E-state index is 14.2. The zero-order chi connectivity index (χ0) is 29.8. The second kappa shape index (κ2) is 10.8. The van der Waals surface area contributed by atoms with Crippen molar-refractivity contribution in [1.29, 1.82) is 0 Å². The van der Waals surface area contributed by atoms with Gasteiger partial charge in [-0.3, -0.25) is 0 Å². The molecule has 0 aromatic heterocycles. The Kier molecular flexibility index (Phi) is 8.16. The van der Waals surface area contributed by atoms with Crippen LogP contribution in [0.15, 0.2) is 35.4 Å². The fourth-order valence-electron chi connectivity index (χ4n) is 7.99. The number of benzene rings is 1. The molecule has 1 saturated heterocycles. The maximum absolute atomic E-state index is 14.2. The summed E-state index contributed by atoms with van der Waals surface area (Å²) >= 11 is 0. The van der Waals surface area contributed by atoms with Gasteiger partial charge < -0.3 is 24.4 Å². The number of fused-ring (bicyclic) bond motifs is 4. The number of aliphatic hydroxyl groups is 2. The third-order valence-electron chi connectivity index (χ3n) is 10.0. The lowest BCUT2D eigenvalue weighted by Crippen LogP contribution is -2.52. The average Bonchev–Trinajstić information content (AvgIpc) is 3.21. The van der Waals surface area contributed by atoms with Crippen molar-refractivity contribution in [2.75, 3.05) is 26.4 Å². The molecule has 0 bridgehead atoms. The molecule has 230 valence electrons. The first-order valence-electron chi connectivity index (χ1n) is 14.5. The highest BCUT2D eigenvalue weighted by atomic mass is 19.4. The molecule has 5 rings (SSSR count). The number of ether oxygens (including phenoxy) is 3.